The highest BCUT2D eigenvalue weighted by atomic mass is 32.2. The number of aliphatic carboxylic acids is 4. The molecule has 522 valence electrons. The predicted molar refractivity (Wildman–Crippen MR) is 344 cm³/mol. The summed E-state index contributed by atoms with van der Waals surface area (Å²) < 4.78 is 0. The number of nitrogens with one attached hydrogen (secondary N) is 9. The molecule has 0 unspecified atom stereocenters. The maximum Gasteiger partial charge on any atom is 0.326 e. The zero-order valence-corrected chi connectivity index (χ0v) is 53.8. The van der Waals surface area contributed by atoms with Crippen molar-refractivity contribution in [1.29, 1.82) is 0 Å². The van der Waals surface area contributed by atoms with Crippen LogP contribution in [0.5, 0.6) is 5.75 Å². The van der Waals surface area contributed by atoms with E-state index in [0.717, 1.165) is 0 Å². The first-order valence-electron chi connectivity index (χ1n) is 30.6. The van der Waals surface area contributed by atoms with Gasteiger partial charge in [0, 0.05) is 25.8 Å². The first-order valence-corrected chi connectivity index (χ1v) is 32.0. The predicted octanol–water partition coefficient (Wildman–Crippen LogP) is -3.12. The van der Waals surface area contributed by atoms with Crippen molar-refractivity contribution in [3.05, 3.63) is 65.7 Å². The molecule has 0 heterocycles. The molecule has 0 aliphatic rings. The lowest BCUT2D eigenvalue weighted by molar-refractivity contribution is -0.144. The molecule has 0 saturated carbocycles. The average molecular weight is 1340 g/mol. The van der Waals surface area contributed by atoms with Gasteiger partial charge in [-0.3, -0.25) is 62.5 Å². The summed E-state index contributed by atoms with van der Waals surface area (Å²) in [5.74, 6) is -15.5. The Kier molecular flexibility index (Phi) is 37.6. The largest absolute Gasteiger partial charge is 0.508 e. The van der Waals surface area contributed by atoms with E-state index in [0.29, 0.717) is 24.0 Å². The smallest absolute Gasteiger partial charge is 0.326 e. The Balaban J connectivity index is 2.62. The van der Waals surface area contributed by atoms with E-state index in [4.69, 9.17) is 28.7 Å². The van der Waals surface area contributed by atoms with Crippen LogP contribution in [0.15, 0.2) is 59.6 Å². The van der Waals surface area contributed by atoms with Crippen molar-refractivity contribution in [3.63, 3.8) is 0 Å². The van der Waals surface area contributed by atoms with E-state index < -0.39 is 163 Å². The summed E-state index contributed by atoms with van der Waals surface area (Å²) in [6.07, 6.45) is -1.13. The molecule has 9 amide bonds. The molecule has 0 saturated heterocycles. The molecule has 24 N–H and O–H groups in total. The minimum absolute atomic E-state index is 0.0187. The summed E-state index contributed by atoms with van der Waals surface area (Å²) in [7, 11) is 0. The number of rotatable bonds is 47. The summed E-state index contributed by atoms with van der Waals surface area (Å²) in [6, 6.07) is -1.70. The molecule has 94 heavy (non-hydrogen) atoms. The van der Waals surface area contributed by atoms with Gasteiger partial charge in [-0.1, -0.05) is 56.3 Å². The van der Waals surface area contributed by atoms with Gasteiger partial charge < -0.3 is 102 Å². The molecule has 0 radical (unpaired) electrons. The zero-order valence-electron chi connectivity index (χ0n) is 53.0. The van der Waals surface area contributed by atoms with Crippen LogP contribution in [0.2, 0.25) is 0 Å². The Morgan fingerprint density at radius 2 is 0.851 bits per heavy atom. The van der Waals surface area contributed by atoms with Crippen molar-refractivity contribution >= 4 is 94.8 Å². The monoisotopic (exact) mass is 1340 g/mol. The number of carbonyl (C=O) groups is 13. The third-order valence-corrected chi connectivity index (χ3v) is 14.9. The van der Waals surface area contributed by atoms with Gasteiger partial charge in [0.25, 0.3) is 0 Å². The molecule has 0 fully saturated rings. The number of carboxylic acids is 4. The van der Waals surface area contributed by atoms with Crippen molar-refractivity contribution in [3.8, 4) is 5.75 Å². The maximum atomic E-state index is 14.7. The number of guanidine groups is 1. The number of aliphatic imine (C=N–C) groups is 1. The lowest BCUT2D eigenvalue weighted by Crippen LogP contribution is -2.61. The van der Waals surface area contributed by atoms with E-state index >= 15 is 0 Å². The number of nitrogens with zero attached hydrogens (tertiary/aromatic N) is 1. The van der Waals surface area contributed by atoms with Gasteiger partial charge in [-0.15, -0.1) is 0 Å². The van der Waals surface area contributed by atoms with Crippen LogP contribution >= 0.6 is 11.8 Å². The summed E-state index contributed by atoms with van der Waals surface area (Å²) >= 11 is 1.29. The van der Waals surface area contributed by atoms with Crippen LogP contribution in [0.1, 0.15) is 115 Å². The van der Waals surface area contributed by atoms with Gasteiger partial charge in [0.15, 0.2) is 5.96 Å². The van der Waals surface area contributed by atoms with Crippen LogP contribution in [0.4, 0.5) is 0 Å². The third-order valence-electron chi connectivity index (χ3n) is 14.3. The van der Waals surface area contributed by atoms with Gasteiger partial charge in [-0.05, 0) is 125 Å². The Hall–Kier alpha value is -9.15. The van der Waals surface area contributed by atoms with Crippen LogP contribution in [-0.4, -0.2) is 201 Å². The molecule has 0 aliphatic heterocycles. The van der Waals surface area contributed by atoms with Gasteiger partial charge >= 0.3 is 23.9 Å². The van der Waals surface area contributed by atoms with E-state index in [9.17, 15) is 87.9 Å². The second-order valence-electron chi connectivity index (χ2n) is 22.6. The lowest BCUT2D eigenvalue weighted by Gasteiger charge is -2.28. The fourth-order valence-corrected chi connectivity index (χ4v) is 9.76. The number of carbonyl (C=O) groups excluding carboxylic acids is 9. The molecular formula is C60H93N15O18S. The molecule has 2 rings (SSSR count). The molecule has 33 nitrogen and oxygen atoms in total. The van der Waals surface area contributed by atoms with Crippen molar-refractivity contribution < 1.29 is 87.9 Å². The fraction of sp³-hybridized carbons (Fsp3) is 0.567. The van der Waals surface area contributed by atoms with E-state index in [1.165, 1.54) is 36.0 Å². The Labute approximate surface area is 548 Å². The average Bonchev–Trinajstić information content (AvgIpc) is 0.901. The molecule has 2 aromatic rings. The molecule has 0 aliphatic carbocycles. The van der Waals surface area contributed by atoms with Crippen LogP contribution in [0, 0.1) is 5.92 Å². The number of carboxylic acid groups (broad SMARTS) is 4. The number of nitrogens with two attached hydrogens (primary N) is 5. The van der Waals surface area contributed by atoms with Crippen molar-refractivity contribution in [2.75, 3.05) is 31.6 Å². The Bertz CT molecular complexity index is 2870. The number of amides is 9. The summed E-state index contributed by atoms with van der Waals surface area (Å²) in [4.78, 5) is 178. The number of aromatic hydroxyl groups is 1. The summed E-state index contributed by atoms with van der Waals surface area (Å²) in [5.41, 5.74) is 29.1. The van der Waals surface area contributed by atoms with Gasteiger partial charge in [0.1, 0.15) is 60.1 Å². The van der Waals surface area contributed by atoms with Gasteiger partial charge in [-0.2, -0.15) is 11.8 Å². The molecule has 0 bridgehead atoms. The van der Waals surface area contributed by atoms with Crippen LogP contribution < -0.4 is 76.5 Å². The molecule has 0 aromatic heterocycles. The number of phenols is 1. The molecule has 0 spiro atoms. The Morgan fingerprint density at radius 1 is 0.457 bits per heavy atom. The van der Waals surface area contributed by atoms with Gasteiger partial charge in [-0.25, -0.2) is 4.79 Å². The van der Waals surface area contributed by atoms with E-state index in [2.05, 4.69) is 52.8 Å². The van der Waals surface area contributed by atoms with Crippen molar-refractivity contribution in [2.45, 2.75) is 177 Å². The van der Waals surface area contributed by atoms with Gasteiger partial charge in [0.2, 0.25) is 53.2 Å². The SMILES string of the molecule is CSCC[C@H](NC(=O)[C@H](CCCCN)NC(=O)[C@H](CC(C)C)NC(=O)[C@H](Cc1ccccc1)NC(=O)[C@@H](N)CC(=O)O)C(=O)N[C@@H](Cc1ccc(O)cc1)C(=O)N[C@@H](CCCN=C(N)N)C(=O)N[C@@H](CC(=O)O)C(=O)N[C@@H](CCC(=O)O)C(=O)N[C@@H](CCCCN)C(=O)O. The third kappa shape index (κ3) is 32.4. The fourth-order valence-electron chi connectivity index (χ4n) is 9.29. The topological polar surface area (TPSA) is 574 Å². The quantitative estimate of drug-likeness (QED) is 0.0177. The number of phenolic OH excluding ortho intramolecular Hbond substituents is 1. The first-order chi connectivity index (χ1) is 44.5. The highest BCUT2D eigenvalue weighted by Crippen LogP contribution is 2.16. The zero-order chi connectivity index (χ0) is 70.5. The summed E-state index contributed by atoms with van der Waals surface area (Å²) in [5, 5.41) is 71.0. The number of benzene rings is 2. The molecular weight excluding hydrogens is 1250 g/mol. The van der Waals surface area contributed by atoms with Crippen molar-refractivity contribution in [1.82, 2.24) is 47.9 Å². The van der Waals surface area contributed by atoms with E-state index in [1.807, 2.05) is 0 Å². The standard InChI is InChI=1S/C60H93N15O18S/c1-33(2)28-43(73-57(90)44(29-34-12-5-4-6-13-34)72-50(83)37(63)31-48(79)80)55(88)67-38(14-7-9-24-61)51(84)70-41(23-27-94-3)54(87)74-45(30-35-17-19-36(76)20-18-35)56(89)68-39(16-11-26-66-60(64)65)52(85)75-46(32-49(81)82)58(91)69-40(21-22-47(77)78)53(86)71-42(59(92)93)15-8-10-25-62/h4-6,12-13,17-20,33,37-46,76H,7-11,14-16,21-32,61-63H2,1-3H3,(H,67,88)(H,68,89)(H,69,91)(H,70,84)(H,71,86)(H,72,83)(H,73,90)(H,74,87)(H,75,85)(H,77,78)(H,79,80)(H,81,82)(H,92,93)(H4,64,65,66)/t37-,38-,39-,40-,41-,42-,43-,44-,45-,46-/m0/s1. The molecule has 34 heteroatoms. The first kappa shape index (κ1) is 80.9. The summed E-state index contributed by atoms with van der Waals surface area (Å²) in [6.45, 7) is 3.82. The van der Waals surface area contributed by atoms with Gasteiger partial charge in [0.05, 0.1) is 18.9 Å². The van der Waals surface area contributed by atoms with E-state index in [1.54, 1.807) is 50.4 Å². The second-order valence-corrected chi connectivity index (χ2v) is 23.6. The van der Waals surface area contributed by atoms with Crippen LogP contribution in [0.25, 0.3) is 0 Å². The number of hydrogen-bond acceptors (Lipinski definition) is 19. The second kappa shape index (κ2) is 43.6. The maximum absolute atomic E-state index is 14.7. The van der Waals surface area contributed by atoms with Crippen LogP contribution in [0.3, 0.4) is 0 Å². The lowest BCUT2D eigenvalue weighted by atomic mass is 10.00. The number of thioether (sulfide) groups is 1. The number of unbranched alkanes of at least 4 members (excludes halogenated alkanes) is 2. The molecule has 10 atom stereocenters. The highest BCUT2D eigenvalue weighted by Gasteiger charge is 2.37. The Morgan fingerprint density at radius 3 is 1.31 bits per heavy atom. The minimum atomic E-state index is -2.03. The highest BCUT2D eigenvalue weighted by molar-refractivity contribution is 7.98. The van der Waals surface area contributed by atoms with E-state index in [-0.39, 0.29) is 107 Å². The number of hydrogen-bond donors (Lipinski definition) is 19. The van der Waals surface area contributed by atoms with Crippen molar-refractivity contribution in [2.24, 2.45) is 39.6 Å². The van der Waals surface area contributed by atoms with Crippen LogP contribution in [-0.2, 0) is 75.2 Å². The molecule has 2 aromatic carbocycles. The minimum Gasteiger partial charge on any atom is -0.508 e. The normalized spacial score (nSPS) is 14.2.